The summed E-state index contributed by atoms with van der Waals surface area (Å²) in [6.45, 7) is 3.37. The summed E-state index contributed by atoms with van der Waals surface area (Å²) >= 11 is 0. The van der Waals surface area contributed by atoms with Crippen LogP contribution in [0.1, 0.15) is 19.8 Å². The van der Waals surface area contributed by atoms with Crippen molar-refractivity contribution in [1.29, 1.82) is 0 Å². The van der Waals surface area contributed by atoms with Crippen LogP contribution in [0.25, 0.3) is 0 Å². The van der Waals surface area contributed by atoms with E-state index in [0.29, 0.717) is 26.2 Å². The van der Waals surface area contributed by atoms with Crippen molar-refractivity contribution >= 4 is 11.8 Å². The monoisotopic (exact) mass is 258 g/mol. The van der Waals surface area contributed by atoms with E-state index in [1.807, 2.05) is 11.8 Å². The topological polar surface area (TPSA) is 96.7 Å². The highest BCUT2D eigenvalue weighted by molar-refractivity contribution is 5.85. The molecule has 0 aliphatic carbocycles. The summed E-state index contributed by atoms with van der Waals surface area (Å²) in [5, 5.41) is 2.60. The number of carbonyl (C=O) groups is 2. The fraction of sp³-hybridized carbons (Fsp3) is 0.818. The molecule has 7 heteroatoms. The van der Waals surface area contributed by atoms with Crippen molar-refractivity contribution in [3.05, 3.63) is 0 Å². The van der Waals surface area contributed by atoms with Crippen LogP contribution in [-0.2, 0) is 14.3 Å². The number of morpholine rings is 1. The second kappa shape index (κ2) is 7.30. The van der Waals surface area contributed by atoms with Gasteiger partial charge in [0.2, 0.25) is 5.91 Å². The Morgan fingerprint density at radius 3 is 2.83 bits per heavy atom. The second-order valence-electron chi connectivity index (χ2n) is 4.26. The van der Waals surface area contributed by atoms with Gasteiger partial charge < -0.3 is 10.1 Å². The molecule has 0 radical (unpaired) electrons. The van der Waals surface area contributed by atoms with Crippen molar-refractivity contribution in [2.75, 3.05) is 26.8 Å². The summed E-state index contributed by atoms with van der Waals surface area (Å²) in [7, 11) is 1.58. The number of nitrogens with two attached hydrogens (primary N) is 1. The first kappa shape index (κ1) is 14.9. The standard InChI is InChI=1S/C11H22N4O3/c1-3-4-8(11(17)14-12)15-5-6-18-7-9(15)10(16)13-2/h8-9H,3-7,12H2,1-2H3,(H,13,16)(H,14,17). The van der Waals surface area contributed by atoms with E-state index in [0.717, 1.165) is 6.42 Å². The van der Waals surface area contributed by atoms with Crippen LogP contribution in [0.15, 0.2) is 0 Å². The van der Waals surface area contributed by atoms with E-state index in [1.165, 1.54) is 0 Å². The Labute approximate surface area is 107 Å². The summed E-state index contributed by atoms with van der Waals surface area (Å²) in [5.41, 5.74) is 2.17. The number of ether oxygens (including phenoxy) is 1. The first-order valence-electron chi connectivity index (χ1n) is 6.21. The molecule has 0 bridgehead atoms. The van der Waals surface area contributed by atoms with Crippen LogP contribution < -0.4 is 16.6 Å². The Morgan fingerprint density at radius 2 is 2.28 bits per heavy atom. The number of nitrogens with one attached hydrogen (secondary N) is 2. The van der Waals surface area contributed by atoms with Gasteiger partial charge in [-0.3, -0.25) is 19.9 Å². The maximum absolute atomic E-state index is 11.8. The molecule has 104 valence electrons. The molecule has 1 aliphatic heterocycles. The molecule has 1 rings (SSSR count). The lowest BCUT2D eigenvalue weighted by Gasteiger charge is -2.38. The van der Waals surface area contributed by atoms with E-state index in [4.69, 9.17) is 10.6 Å². The Kier molecular flexibility index (Phi) is 6.03. The number of rotatable bonds is 5. The Hall–Kier alpha value is -1.18. The Morgan fingerprint density at radius 1 is 1.56 bits per heavy atom. The van der Waals surface area contributed by atoms with E-state index in [2.05, 4.69) is 10.7 Å². The summed E-state index contributed by atoms with van der Waals surface area (Å²) < 4.78 is 5.31. The highest BCUT2D eigenvalue weighted by atomic mass is 16.5. The van der Waals surface area contributed by atoms with Crippen LogP contribution in [0, 0.1) is 0 Å². The van der Waals surface area contributed by atoms with Crippen molar-refractivity contribution in [2.45, 2.75) is 31.8 Å². The molecule has 2 unspecified atom stereocenters. The molecule has 4 N–H and O–H groups in total. The third-order valence-corrected chi connectivity index (χ3v) is 3.13. The molecular formula is C11H22N4O3. The summed E-state index contributed by atoms with van der Waals surface area (Å²) in [5.74, 6) is 4.81. The molecule has 0 spiro atoms. The van der Waals surface area contributed by atoms with Gasteiger partial charge in [0, 0.05) is 13.6 Å². The Bertz CT molecular complexity index is 298. The first-order valence-corrected chi connectivity index (χ1v) is 6.21. The lowest BCUT2D eigenvalue weighted by molar-refractivity contribution is -0.140. The van der Waals surface area contributed by atoms with Crippen LogP contribution in [-0.4, -0.2) is 55.6 Å². The molecule has 18 heavy (non-hydrogen) atoms. The molecule has 1 fully saturated rings. The van der Waals surface area contributed by atoms with Crippen molar-refractivity contribution in [1.82, 2.24) is 15.6 Å². The minimum Gasteiger partial charge on any atom is -0.378 e. The number of hydrazine groups is 1. The fourth-order valence-electron chi connectivity index (χ4n) is 2.20. The second-order valence-corrected chi connectivity index (χ2v) is 4.26. The average molecular weight is 258 g/mol. The predicted octanol–water partition coefficient (Wildman–Crippen LogP) is -1.41. The molecular weight excluding hydrogens is 236 g/mol. The van der Waals surface area contributed by atoms with E-state index in [9.17, 15) is 9.59 Å². The zero-order valence-electron chi connectivity index (χ0n) is 10.9. The Balaban J connectivity index is 2.84. The third-order valence-electron chi connectivity index (χ3n) is 3.13. The summed E-state index contributed by atoms with van der Waals surface area (Å²) in [4.78, 5) is 25.5. The molecule has 1 aliphatic rings. The molecule has 7 nitrogen and oxygen atoms in total. The zero-order valence-corrected chi connectivity index (χ0v) is 10.9. The number of amides is 2. The molecule has 2 atom stereocenters. The van der Waals surface area contributed by atoms with E-state index in [1.54, 1.807) is 7.05 Å². The van der Waals surface area contributed by atoms with Crippen LogP contribution in [0.5, 0.6) is 0 Å². The summed E-state index contributed by atoms with van der Waals surface area (Å²) in [6.07, 6.45) is 1.51. The first-order chi connectivity index (χ1) is 8.65. The third kappa shape index (κ3) is 3.41. The highest BCUT2D eigenvalue weighted by Crippen LogP contribution is 2.15. The SMILES string of the molecule is CCCC(C(=O)NN)N1CCOCC1C(=O)NC. The normalized spacial score (nSPS) is 22.3. The highest BCUT2D eigenvalue weighted by Gasteiger charge is 2.36. The smallest absolute Gasteiger partial charge is 0.251 e. The lowest BCUT2D eigenvalue weighted by Crippen LogP contribution is -2.60. The van der Waals surface area contributed by atoms with Crippen molar-refractivity contribution in [3.8, 4) is 0 Å². The van der Waals surface area contributed by atoms with Crippen molar-refractivity contribution < 1.29 is 14.3 Å². The maximum atomic E-state index is 11.8. The van der Waals surface area contributed by atoms with Crippen molar-refractivity contribution in [3.63, 3.8) is 0 Å². The van der Waals surface area contributed by atoms with Crippen LogP contribution in [0.2, 0.25) is 0 Å². The van der Waals surface area contributed by atoms with Gasteiger partial charge in [-0.05, 0) is 6.42 Å². The zero-order chi connectivity index (χ0) is 13.5. The van der Waals surface area contributed by atoms with E-state index in [-0.39, 0.29) is 17.9 Å². The predicted molar refractivity (Wildman–Crippen MR) is 66.4 cm³/mol. The van der Waals surface area contributed by atoms with Crippen LogP contribution in [0.3, 0.4) is 0 Å². The molecule has 0 aromatic rings. The number of carbonyl (C=O) groups excluding carboxylic acids is 2. The molecule has 2 amide bonds. The van der Waals surface area contributed by atoms with Gasteiger partial charge in [0.25, 0.3) is 5.91 Å². The number of nitrogens with zero attached hydrogens (tertiary/aromatic N) is 1. The van der Waals surface area contributed by atoms with Gasteiger partial charge in [-0.15, -0.1) is 0 Å². The van der Waals surface area contributed by atoms with E-state index >= 15 is 0 Å². The van der Waals surface area contributed by atoms with Gasteiger partial charge in [-0.2, -0.15) is 0 Å². The quantitative estimate of drug-likeness (QED) is 0.320. The van der Waals surface area contributed by atoms with Gasteiger partial charge >= 0.3 is 0 Å². The molecule has 1 saturated heterocycles. The minimum atomic E-state index is -0.433. The fourth-order valence-corrected chi connectivity index (χ4v) is 2.20. The number of likely N-dealkylation sites (N-methyl/N-ethyl adjacent to an activating group) is 1. The van der Waals surface area contributed by atoms with Crippen LogP contribution in [0.4, 0.5) is 0 Å². The molecule has 0 aromatic heterocycles. The maximum Gasteiger partial charge on any atom is 0.251 e. The average Bonchev–Trinajstić information content (AvgIpc) is 2.43. The van der Waals surface area contributed by atoms with Crippen LogP contribution >= 0.6 is 0 Å². The van der Waals surface area contributed by atoms with Gasteiger partial charge in [0.15, 0.2) is 0 Å². The minimum absolute atomic E-state index is 0.138. The number of hydrogen-bond donors (Lipinski definition) is 3. The summed E-state index contributed by atoms with van der Waals surface area (Å²) in [6, 6.07) is -0.816. The lowest BCUT2D eigenvalue weighted by atomic mass is 10.1. The molecule has 0 aromatic carbocycles. The molecule has 1 heterocycles. The molecule has 0 saturated carbocycles. The van der Waals surface area contributed by atoms with Gasteiger partial charge in [-0.25, -0.2) is 5.84 Å². The largest absolute Gasteiger partial charge is 0.378 e. The van der Waals surface area contributed by atoms with Gasteiger partial charge in [0.1, 0.15) is 6.04 Å². The van der Waals surface area contributed by atoms with Gasteiger partial charge in [0.05, 0.1) is 19.3 Å². The van der Waals surface area contributed by atoms with E-state index < -0.39 is 6.04 Å². The van der Waals surface area contributed by atoms with Crippen molar-refractivity contribution in [2.24, 2.45) is 5.84 Å². The number of hydrogen-bond acceptors (Lipinski definition) is 5. The van der Waals surface area contributed by atoms with Gasteiger partial charge in [-0.1, -0.05) is 13.3 Å².